The van der Waals surface area contributed by atoms with E-state index in [2.05, 4.69) is 21.8 Å². The van der Waals surface area contributed by atoms with Crippen molar-refractivity contribution >= 4 is 23.3 Å². The molecule has 3 N–H and O–H groups in total. The number of nitrogens with zero attached hydrogens (tertiary/aromatic N) is 2. The molecule has 1 heterocycles. The zero-order valence-corrected chi connectivity index (χ0v) is 11.7. The maximum atomic E-state index is 11.9. The van der Waals surface area contributed by atoms with Gasteiger partial charge in [-0.1, -0.05) is 19.1 Å². The maximum Gasteiger partial charge on any atom is 0.258 e. The van der Waals surface area contributed by atoms with Gasteiger partial charge < -0.3 is 10.7 Å². The molecule has 19 heavy (non-hydrogen) atoms. The molecule has 104 valence electrons. The zero-order valence-electron chi connectivity index (χ0n) is 10.9. The Morgan fingerprint density at radius 2 is 2.11 bits per heavy atom. The highest BCUT2D eigenvalue weighted by Gasteiger charge is 2.07. The maximum absolute atomic E-state index is 11.9. The SMILES string of the molecule is CCN(CCN)Cc1nc2ccccc2c(=O)[nH]1.Cl. The number of nitrogens with one attached hydrogen (secondary N) is 1. The van der Waals surface area contributed by atoms with Crippen molar-refractivity contribution in [3.05, 3.63) is 40.4 Å². The van der Waals surface area contributed by atoms with Gasteiger partial charge in [-0.15, -0.1) is 12.4 Å². The van der Waals surface area contributed by atoms with Gasteiger partial charge in [0, 0.05) is 13.1 Å². The van der Waals surface area contributed by atoms with E-state index in [1.165, 1.54) is 0 Å². The monoisotopic (exact) mass is 282 g/mol. The standard InChI is InChI=1S/C13H18N4O.ClH/c1-2-17(8-7-14)9-12-15-11-6-4-3-5-10(11)13(18)16-12;/h3-6H,2,7-9,14H2,1H3,(H,15,16,18);1H. The number of aromatic amines is 1. The molecule has 0 amide bonds. The van der Waals surface area contributed by atoms with Crippen LogP contribution in [0.3, 0.4) is 0 Å². The van der Waals surface area contributed by atoms with Gasteiger partial charge in [0.2, 0.25) is 0 Å². The van der Waals surface area contributed by atoms with Crippen molar-refractivity contribution in [3.8, 4) is 0 Å². The molecular weight excluding hydrogens is 264 g/mol. The molecule has 0 radical (unpaired) electrons. The number of nitrogens with two attached hydrogens (primary N) is 1. The van der Waals surface area contributed by atoms with E-state index in [1.807, 2.05) is 18.2 Å². The van der Waals surface area contributed by atoms with E-state index < -0.39 is 0 Å². The minimum absolute atomic E-state index is 0. The molecule has 0 bridgehead atoms. The van der Waals surface area contributed by atoms with Crippen molar-refractivity contribution in [2.45, 2.75) is 13.5 Å². The van der Waals surface area contributed by atoms with Gasteiger partial charge in [0.1, 0.15) is 5.82 Å². The number of likely N-dealkylation sites (N-methyl/N-ethyl adjacent to an activating group) is 1. The average molecular weight is 283 g/mol. The highest BCUT2D eigenvalue weighted by molar-refractivity contribution is 5.85. The van der Waals surface area contributed by atoms with Gasteiger partial charge >= 0.3 is 0 Å². The third-order valence-corrected chi connectivity index (χ3v) is 2.93. The fourth-order valence-electron chi connectivity index (χ4n) is 1.95. The van der Waals surface area contributed by atoms with Crippen LogP contribution in [0, 0.1) is 0 Å². The van der Waals surface area contributed by atoms with Gasteiger partial charge in [0.05, 0.1) is 17.4 Å². The summed E-state index contributed by atoms with van der Waals surface area (Å²) in [6.45, 7) is 4.97. The van der Waals surface area contributed by atoms with Crippen LogP contribution in [0.1, 0.15) is 12.7 Å². The summed E-state index contributed by atoms with van der Waals surface area (Å²) >= 11 is 0. The van der Waals surface area contributed by atoms with E-state index >= 15 is 0 Å². The van der Waals surface area contributed by atoms with Crippen molar-refractivity contribution in [1.82, 2.24) is 14.9 Å². The van der Waals surface area contributed by atoms with Gasteiger partial charge in [0.15, 0.2) is 0 Å². The Balaban J connectivity index is 0.00000180. The second-order valence-electron chi connectivity index (χ2n) is 4.19. The van der Waals surface area contributed by atoms with Crippen LogP contribution in [0.4, 0.5) is 0 Å². The highest BCUT2D eigenvalue weighted by atomic mass is 35.5. The van der Waals surface area contributed by atoms with E-state index in [1.54, 1.807) is 6.07 Å². The molecule has 2 rings (SSSR count). The second-order valence-corrected chi connectivity index (χ2v) is 4.19. The van der Waals surface area contributed by atoms with E-state index in [0.29, 0.717) is 24.3 Å². The lowest BCUT2D eigenvalue weighted by Gasteiger charge is -2.18. The van der Waals surface area contributed by atoms with Crippen LogP contribution in [-0.4, -0.2) is 34.5 Å². The Labute approximate surface area is 118 Å². The minimum Gasteiger partial charge on any atom is -0.329 e. The van der Waals surface area contributed by atoms with E-state index in [-0.39, 0.29) is 18.0 Å². The van der Waals surface area contributed by atoms with Gasteiger partial charge in [-0.05, 0) is 18.7 Å². The molecule has 0 fully saturated rings. The van der Waals surface area contributed by atoms with Crippen molar-refractivity contribution in [2.75, 3.05) is 19.6 Å². The van der Waals surface area contributed by atoms with Crippen molar-refractivity contribution in [1.29, 1.82) is 0 Å². The number of aromatic nitrogens is 2. The number of H-pyrrole nitrogens is 1. The molecule has 0 aliphatic carbocycles. The lowest BCUT2D eigenvalue weighted by Crippen LogP contribution is -2.30. The first kappa shape index (κ1) is 15.6. The Hall–Kier alpha value is -1.43. The smallest absolute Gasteiger partial charge is 0.258 e. The van der Waals surface area contributed by atoms with Crippen LogP contribution in [0.15, 0.2) is 29.1 Å². The van der Waals surface area contributed by atoms with Gasteiger partial charge in [-0.2, -0.15) is 0 Å². The Morgan fingerprint density at radius 1 is 1.37 bits per heavy atom. The molecule has 0 saturated heterocycles. The number of halogens is 1. The number of hydrogen-bond donors (Lipinski definition) is 2. The normalized spacial score (nSPS) is 10.7. The summed E-state index contributed by atoms with van der Waals surface area (Å²) in [7, 11) is 0. The van der Waals surface area contributed by atoms with Crippen LogP contribution in [-0.2, 0) is 6.54 Å². The van der Waals surface area contributed by atoms with Crippen molar-refractivity contribution in [3.63, 3.8) is 0 Å². The molecule has 0 spiro atoms. The predicted octanol–water partition coefficient (Wildman–Crippen LogP) is 1.13. The summed E-state index contributed by atoms with van der Waals surface area (Å²) in [4.78, 5) is 21.3. The third-order valence-electron chi connectivity index (χ3n) is 2.93. The van der Waals surface area contributed by atoms with Crippen LogP contribution in [0.5, 0.6) is 0 Å². The molecule has 1 aromatic carbocycles. The summed E-state index contributed by atoms with van der Waals surface area (Å²) < 4.78 is 0. The molecule has 0 unspecified atom stereocenters. The topological polar surface area (TPSA) is 75.0 Å². The number of benzene rings is 1. The molecule has 0 aliphatic rings. The first-order chi connectivity index (χ1) is 8.74. The average Bonchev–Trinajstić information content (AvgIpc) is 2.38. The quantitative estimate of drug-likeness (QED) is 0.862. The largest absolute Gasteiger partial charge is 0.329 e. The molecule has 0 aliphatic heterocycles. The molecule has 6 heteroatoms. The van der Waals surface area contributed by atoms with Gasteiger partial charge in [0.25, 0.3) is 5.56 Å². The lowest BCUT2D eigenvalue weighted by molar-refractivity contribution is 0.281. The van der Waals surface area contributed by atoms with E-state index in [4.69, 9.17) is 5.73 Å². The van der Waals surface area contributed by atoms with Crippen LogP contribution >= 0.6 is 12.4 Å². The Bertz CT molecular complexity index is 584. The summed E-state index contributed by atoms with van der Waals surface area (Å²) in [6, 6.07) is 7.36. The fraction of sp³-hybridized carbons (Fsp3) is 0.385. The minimum atomic E-state index is -0.0839. The highest BCUT2D eigenvalue weighted by Crippen LogP contribution is 2.06. The van der Waals surface area contributed by atoms with Gasteiger partial charge in [-0.3, -0.25) is 9.69 Å². The fourth-order valence-corrected chi connectivity index (χ4v) is 1.95. The zero-order chi connectivity index (χ0) is 13.0. The first-order valence-electron chi connectivity index (χ1n) is 6.15. The summed E-state index contributed by atoms with van der Waals surface area (Å²) in [6.07, 6.45) is 0. The van der Waals surface area contributed by atoms with E-state index in [0.717, 1.165) is 18.6 Å². The molecular formula is C13H19ClN4O. The number of rotatable bonds is 5. The third kappa shape index (κ3) is 3.76. The van der Waals surface area contributed by atoms with Gasteiger partial charge in [-0.25, -0.2) is 4.98 Å². The number of hydrogen-bond acceptors (Lipinski definition) is 4. The molecule has 2 aromatic rings. The van der Waals surface area contributed by atoms with Crippen molar-refractivity contribution < 1.29 is 0 Å². The number of fused-ring (bicyclic) bond motifs is 1. The van der Waals surface area contributed by atoms with Crippen LogP contribution in [0.25, 0.3) is 10.9 Å². The van der Waals surface area contributed by atoms with Crippen LogP contribution in [0.2, 0.25) is 0 Å². The van der Waals surface area contributed by atoms with Crippen molar-refractivity contribution in [2.24, 2.45) is 5.73 Å². The van der Waals surface area contributed by atoms with Crippen LogP contribution < -0.4 is 11.3 Å². The Kier molecular flexibility index (Phi) is 5.95. The molecule has 5 nitrogen and oxygen atoms in total. The Morgan fingerprint density at radius 3 is 2.79 bits per heavy atom. The summed E-state index contributed by atoms with van der Waals surface area (Å²) in [5, 5.41) is 0.628. The molecule has 1 aromatic heterocycles. The summed E-state index contributed by atoms with van der Waals surface area (Å²) in [5.41, 5.74) is 6.20. The lowest BCUT2D eigenvalue weighted by atomic mass is 10.2. The molecule has 0 saturated carbocycles. The number of para-hydroxylation sites is 1. The first-order valence-corrected chi connectivity index (χ1v) is 6.15. The second kappa shape index (κ2) is 7.23. The predicted molar refractivity (Wildman–Crippen MR) is 79.6 cm³/mol. The van der Waals surface area contributed by atoms with E-state index in [9.17, 15) is 4.79 Å². The summed E-state index contributed by atoms with van der Waals surface area (Å²) in [5.74, 6) is 0.689. The molecule has 0 atom stereocenters.